The number of hydrogen-bond acceptors (Lipinski definition) is 6. The van der Waals surface area contributed by atoms with Gasteiger partial charge in [-0.3, -0.25) is 9.68 Å². The molecule has 0 aliphatic heterocycles. The fourth-order valence-electron chi connectivity index (χ4n) is 2.74. The SMILES string of the molecule is COC(C)OOC(=O)C(CC(C)C)C(=O)c1c(C)cc(C)cc1C.O=[PH3]. The highest BCUT2D eigenvalue weighted by atomic mass is 31.0. The highest BCUT2D eigenvalue weighted by molar-refractivity contribution is 7.00. The van der Waals surface area contributed by atoms with Crippen molar-refractivity contribution < 1.29 is 28.7 Å². The molecular weight excluding hydrogens is 355 g/mol. The molecule has 0 fully saturated rings. The van der Waals surface area contributed by atoms with Gasteiger partial charge in [-0.05, 0) is 51.2 Å². The Bertz CT molecular complexity index is 591. The predicted octanol–water partition coefficient (Wildman–Crippen LogP) is 3.86. The van der Waals surface area contributed by atoms with Crippen molar-refractivity contribution >= 4 is 20.9 Å². The molecule has 0 N–H and O–H groups in total. The van der Waals surface area contributed by atoms with Crippen LogP contribution in [-0.2, 0) is 23.9 Å². The monoisotopic (exact) mass is 386 g/mol. The van der Waals surface area contributed by atoms with Crippen LogP contribution in [0, 0.1) is 32.6 Å². The lowest BCUT2D eigenvalue weighted by Crippen LogP contribution is -2.30. The van der Waals surface area contributed by atoms with E-state index in [2.05, 4.69) is 0 Å². The van der Waals surface area contributed by atoms with E-state index in [1.54, 1.807) is 6.92 Å². The number of aryl methyl sites for hydroxylation is 3. The summed E-state index contributed by atoms with van der Waals surface area (Å²) in [5.41, 5.74) is 3.40. The molecule has 0 saturated carbocycles. The lowest BCUT2D eigenvalue weighted by Gasteiger charge is -2.19. The van der Waals surface area contributed by atoms with E-state index in [4.69, 9.17) is 19.1 Å². The van der Waals surface area contributed by atoms with Gasteiger partial charge in [0.05, 0.1) is 9.12 Å². The molecule has 0 spiro atoms. The molecule has 148 valence electrons. The molecule has 0 aromatic heterocycles. The second-order valence-electron chi connectivity index (χ2n) is 6.62. The zero-order valence-corrected chi connectivity index (χ0v) is 18.2. The zero-order valence-electron chi connectivity index (χ0n) is 16.8. The van der Waals surface area contributed by atoms with Crippen LogP contribution in [0.15, 0.2) is 12.1 Å². The van der Waals surface area contributed by atoms with Crippen LogP contribution in [0.2, 0.25) is 0 Å². The van der Waals surface area contributed by atoms with Gasteiger partial charge in [-0.15, -0.1) is 0 Å². The van der Waals surface area contributed by atoms with Crippen molar-refractivity contribution in [3.05, 3.63) is 34.4 Å². The van der Waals surface area contributed by atoms with Gasteiger partial charge in [-0.1, -0.05) is 31.5 Å². The molecule has 0 aliphatic rings. The zero-order chi connectivity index (χ0) is 20.4. The minimum Gasteiger partial charge on any atom is -0.352 e. The molecule has 0 radical (unpaired) electrons. The van der Waals surface area contributed by atoms with Crippen LogP contribution >= 0.6 is 9.12 Å². The number of hydrogen-bond donors (Lipinski definition) is 0. The number of ketones is 1. The number of ether oxygens (including phenoxy) is 1. The van der Waals surface area contributed by atoms with E-state index in [-0.39, 0.29) is 11.7 Å². The second-order valence-corrected chi connectivity index (χ2v) is 6.62. The van der Waals surface area contributed by atoms with E-state index >= 15 is 0 Å². The van der Waals surface area contributed by atoms with E-state index in [0.717, 1.165) is 16.7 Å². The van der Waals surface area contributed by atoms with Gasteiger partial charge in [-0.25, -0.2) is 4.79 Å². The Balaban J connectivity index is 0.00000301. The summed E-state index contributed by atoms with van der Waals surface area (Å²) < 4.78 is 13.2. The van der Waals surface area contributed by atoms with Gasteiger partial charge < -0.3 is 9.30 Å². The number of Topliss-reactive ketones (excluding diaryl/α,β-unsaturated/α-hetero) is 1. The first-order chi connectivity index (χ1) is 12.2. The van der Waals surface area contributed by atoms with Gasteiger partial charge in [0.2, 0.25) is 0 Å². The van der Waals surface area contributed by atoms with Crippen molar-refractivity contribution in [1.29, 1.82) is 0 Å². The quantitative estimate of drug-likeness (QED) is 0.169. The normalized spacial score (nSPS) is 12.9. The number of carbonyl (C=O) groups is 2. The molecule has 0 bridgehead atoms. The summed E-state index contributed by atoms with van der Waals surface area (Å²) in [6.45, 7) is 11.3. The first kappa shape index (κ1) is 24.5. The van der Waals surface area contributed by atoms with Gasteiger partial charge in [-0.2, -0.15) is 4.89 Å². The van der Waals surface area contributed by atoms with Crippen LogP contribution in [0.5, 0.6) is 0 Å². The topological polar surface area (TPSA) is 78.9 Å². The molecule has 0 amide bonds. The second kappa shape index (κ2) is 12.0. The maximum Gasteiger partial charge on any atom is 0.353 e. The maximum absolute atomic E-state index is 13.0. The highest BCUT2D eigenvalue weighted by Crippen LogP contribution is 2.25. The van der Waals surface area contributed by atoms with Crippen LogP contribution in [0.3, 0.4) is 0 Å². The molecule has 1 rings (SSSR count). The van der Waals surface area contributed by atoms with Crippen molar-refractivity contribution in [3.8, 4) is 0 Å². The predicted molar refractivity (Wildman–Crippen MR) is 103 cm³/mol. The molecule has 0 saturated heterocycles. The van der Waals surface area contributed by atoms with Crippen LogP contribution in [0.1, 0.15) is 54.2 Å². The van der Waals surface area contributed by atoms with Crippen molar-refractivity contribution in [2.75, 3.05) is 7.11 Å². The van der Waals surface area contributed by atoms with Crippen LogP contribution < -0.4 is 0 Å². The molecule has 3 atom stereocenters. The summed E-state index contributed by atoms with van der Waals surface area (Å²) in [5, 5.41) is 0. The number of methoxy groups -OCH3 is 1. The van der Waals surface area contributed by atoms with E-state index in [1.807, 2.05) is 46.8 Å². The smallest absolute Gasteiger partial charge is 0.352 e. The molecule has 7 heteroatoms. The molecule has 6 nitrogen and oxygen atoms in total. The van der Waals surface area contributed by atoms with E-state index in [1.165, 1.54) is 7.11 Å². The van der Waals surface area contributed by atoms with Gasteiger partial charge >= 0.3 is 5.97 Å². The van der Waals surface area contributed by atoms with Crippen LogP contribution in [0.4, 0.5) is 0 Å². The first-order valence-electron chi connectivity index (χ1n) is 8.48. The van der Waals surface area contributed by atoms with Gasteiger partial charge in [0, 0.05) is 12.7 Å². The highest BCUT2D eigenvalue weighted by Gasteiger charge is 2.32. The first-order valence-corrected chi connectivity index (χ1v) is 9.06. The largest absolute Gasteiger partial charge is 0.353 e. The minimum absolute atomic E-state index is 0.164. The standard InChI is InChI=1S/C19H28O5.H3OP/c1-11(2)8-16(19(21)24-23-15(6)22-7)18(20)17-13(4)9-12(3)10-14(17)5;1-2/h9-11,15-16H,8H2,1-7H3;2H3. The van der Waals surface area contributed by atoms with E-state index in [0.29, 0.717) is 21.1 Å². The third-order valence-electron chi connectivity index (χ3n) is 3.83. The van der Waals surface area contributed by atoms with Gasteiger partial charge in [0.25, 0.3) is 0 Å². The summed E-state index contributed by atoms with van der Waals surface area (Å²) in [5.74, 6) is -1.64. The molecule has 26 heavy (non-hydrogen) atoms. The van der Waals surface area contributed by atoms with Crippen LogP contribution in [0.25, 0.3) is 0 Å². The van der Waals surface area contributed by atoms with Crippen molar-refractivity contribution in [2.24, 2.45) is 11.8 Å². The number of rotatable bonds is 8. The molecule has 1 aromatic carbocycles. The summed E-state index contributed by atoms with van der Waals surface area (Å²) in [6.07, 6.45) is -0.290. The Hall–Kier alpha value is -1.49. The summed E-state index contributed by atoms with van der Waals surface area (Å²) in [6, 6.07) is 3.89. The fraction of sp³-hybridized carbons (Fsp3) is 0.579. The number of benzene rings is 1. The summed E-state index contributed by atoms with van der Waals surface area (Å²) in [4.78, 5) is 35.1. The maximum atomic E-state index is 13.0. The Labute approximate surface area is 157 Å². The average molecular weight is 386 g/mol. The minimum atomic E-state index is -0.894. The van der Waals surface area contributed by atoms with Gasteiger partial charge in [0.15, 0.2) is 12.1 Å². The number of carbonyl (C=O) groups excluding carboxylic acids is 2. The Kier molecular flexibility index (Phi) is 11.3. The van der Waals surface area contributed by atoms with E-state index < -0.39 is 18.2 Å². The van der Waals surface area contributed by atoms with E-state index in [9.17, 15) is 9.59 Å². The lowest BCUT2D eigenvalue weighted by atomic mass is 9.86. The van der Waals surface area contributed by atoms with Crippen molar-refractivity contribution in [2.45, 2.75) is 54.3 Å². The Morgan fingerprint density at radius 2 is 1.54 bits per heavy atom. The molecular formula is C19H31O6P. The molecule has 0 heterocycles. The summed E-state index contributed by atoms with van der Waals surface area (Å²) >= 11 is 0. The fourth-order valence-corrected chi connectivity index (χ4v) is 2.74. The third kappa shape index (κ3) is 7.40. The lowest BCUT2D eigenvalue weighted by molar-refractivity contribution is -0.343. The molecule has 1 aromatic rings. The Morgan fingerprint density at radius 3 is 1.96 bits per heavy atom. The third-order valence-corrected chi connectivity index (χ3v) is 3.83. The molecule has 3 unspecified atom stereocenters. The van der Waals surface area contributed by atoms with Crippen molar-refractivity contribution in [3.63, 3.8) is 0 Å². The summed E-state index contributed by atoms with van der Waals surface area (Å²) in [7, 11) is 2.05. The van der Waals surface area contributed by atoms with Crippen LogP contribution in [-0.4, -0.2) is 25.2 Å². The van der Waals surface area contributed by atoms with Crippen molar-refractivity contribution in [1.82, 2.24) is 0 Å². The molecule has 0 aliphatic carbocycles. The average Bonchev–Trinajstić information content (AvgIpc) is 2.57. The van der Waals surface area contributed by atoms with Gasteiger partial charge in [0.1, 0.15) is 5.92 Å². The Morgan fingerprint density at radius 1 is 1.04 bits per heavy atom.